The molecule has 3 heteroatoms. The van der Waals surface area contributed by atoms with Crippen molar-refractivity contribution in [2.75, 3.05) is 0 Å². The Kier molecular flexibility index (Phi) is 5.42. The maximum absolute atomic E-state index is 12.0. The molecule has 1 aromatic heterocycles. The Morgan fingerprint density at radius 3 is 2.36 bits per heavy atom. The van der Waals surface area contributed by atoms with Crippen LogP contribution in [0.5, 0.6) is 0 Å². The van der Waals surface area contributed by atoms with Gasteiger partial charge in [0.25, 0.3) is 0 Å². The summed E-state index contributed by atoms with van der Waals surface area (Å²) in [6, 6.07) is 14.8. The quantitative estimate of drug-likeness (QED) is 0.793. The Morgan fingerprint density at radius 1 is 1.09 bits per heavy atom. The molecule has 2 rings (SSSR count). The highest BCUT2D eigenvalue weighted by molar-refractivity contribution is 5.73. The van der Waals surface area contributed by atoms with Gasteiger partial charge < -0.3 is 9.47 Å². The third-order valence-corrected chi connectivity index (χ3v) is 4.31. The van der Waals surface area contributed by atoms with Crippen LogP contribution in [0.25, 0.3) is 0 Å². The predicted octanol–water partition coefficient (Wildman–Crippen LogP) is 3.93. The molecule has 2 aromatic rings. The monoisotopic (exact) mass is 298 g/mol. The molecule has 1 heterocycles. The van der Waals surface area contributed by atoms with Gasteiger partial charge in [0.2, 0.25) is 5.91 Å². The van der Waals surface area contributed by atoms with Crippen LogP contribution in [-0.2, 0) is 17.9 Å². The van der Waals surface area contributed by atoms with Gasteiger partial charge in [-0.05, 0) is 30.5 Å². The SMILES string of the molecule is CC(=O)N(Cc1cccn1Cc1ccccc1)C(C)C(C)C. The van der Waals surface area contributed by atoms with E-state index in [0.29, 0.717) is 12.5 Å². The van der Waals surface area contributed by atoms with E-state index in [1.54, 1.807) is 6.92 Å². The minimum absolute atomic E-state index is 0.133. The van der Waals surface area contributed by atoms with Crippen LogP contribution < -0.4 is 0 Å². The van der Waals surface area contributed by atoms with Gasteiger partial charge in [-0.1, -0.05) is 44.2 Å². The second-order valence-corrected chi connectivity index (χ2v) is 6.24. The number of carbonyl (C=O) groups is 1. The van der Waals surface area contributed by atoms with Crippen molar-refractivity contribution in [3.63, 3.8) is 0 Å². The summed E-state index contributed by atoms with van der Waals surface area (Å²) in [6.07, 6.45) is 2.08. The zero-order valence-corrected chi connectivity index (χ0v) is 14.0. The van der Waals surface area contributed by atoms with Crippen molar-refractivity contribution >= 4 is 5.91 Å². The van der Waals surface area contributed by atoms with Crippen molar-refractivity contribution < 1.29 is 4.79 Å². The van der Waals surface area contributed by atoms with Gasteiger partial charge in [-0.3, -0.25) is 4.79 Å². The number of amides is 1. The molecule has 0 saturated heterocycles. The van der Waals surface area contributed by atoms with E-state index in [4.69, 9.17) is 0 Å². The van der Waals surface area contributed by atoms with Crippen LogP contribution in [0.15, 0.2) is 48.7 Å². The molecule has 1 atom stereocenters. The van der Waals surface area contributed by atoms with E-state index in [-0.39, 0.29) is 11.9 Å². The average molecular weight is 298 g/mol. The van der Waals surface area contributed by atoms with Crippen LogP contribution >= 0.6 is 0 Å². The molecule has 0 saturated carbocycles. The summed E-state index contributed by atoms with van der Waals surface area (Å²) in [5.74, 6) is 0.579. The normalized spacial score (nSPS) is 12.4. The van der Waals surface area contributed by atoms with Crippen LogP contribution in [0, 0.1) is 5.92 Å². The first-order valence-corrected chi connectivity index (χ1v) is 7.94. The molecule has 0 aliphatic rings. The van der Waals surface area contributed by atoms with Crippen molar-refractivity contribution in [1.29, 1.82) is 0 Å². The summed E-state index contributed by atoms with van der Waals surface area (Å²) >= 11 is 0. The minimum Gasteiger partial charge on any atom is -0.345 e. The predicted molar refractivity (Wildman–Crippen MR) is 90.5 cm³/mol. The Labute approximate surface area is 133 Å². The van der Waals surface area contributed by atoms with Gasteiger partial charge in [-0.2, -0.15) is 0 Å². The summed E-state index contributed by atoms with van der Waals surface area (Å²) < 4.78 is 2.22. The highest BCUT2D eigenvalue weighted by Crippen LogP contribution is 2.16. The fraction of sp³-hybridized carbons (Fsp3) is 0.421. The van der Waals surface area contributed by atoms with Crippen molar-refractivity contribution in [1.82, 2.24) is 9.47 Å². The van der Waals surface area contributed by atoms with Crippen molar-refractivity contribution in [3.05, 3.63) is 59.9 Å². The van der Waals surface area contributed by atoms with Gasteiger partial charge in [-0.25, -0.2) is 0 Å². The summed E-state index contributed by atoms with van der Waals surface area (Å²) in [7, 11) is 0. The number of aromatic nitrogens is 1. The molecule has 0 spiro atoms. The highest BCUT2D eigenvalue weighted by Gasteiger charge is 2.20. The maximum atomic E-state index is 12.0. The molecule has 0 N–H and O–H groups in total. The summed E-state index contributed by atoms with van der Waals surface area (Å²) in [4.78, 5) is 14.0. The molecule has 0 radical (unpaired) electrons. The van der Waals surface area contributed by atoms with E-state index in [2.05, 4.69) is 67.9 Å². The fourth-order valence-electron chi connectivity index (χ4n) is 2.60. The molecule has 0 aliphatic carbocycles. The lowest BCUT2D eigenvalue weighted by Gasteiger charge is -2.31. The first kappa shape index (κ1) is 16.3. The van der Waals surface area contributed by atoms with E-state index in [0.717, 1.165) is 6.54 Å². The fourth-order valence-corrected chi connectivity index (χ4v) is 2.60. The molecule has 1 amide bonds. The van der Waals surface area contributed by atoms with Gasteiger partial charge in [0.05, 0.1) is 6.54 Å². The molecule has 3 nitrogen and oxygen atoms in total. The molecule has 0 bridgehead atoms. The van der Waals surface area contributed by atoms with E-state index in [1.807, 2.05) is 11.0 Å². The van der Waals surface area contributed by atoms with Crippen molar-refractivity contribution in [3.8, 4) is 0 Å². The smallest absolute Gasteiger partial charge is 0.220 e. The minimum atomic E-state index is 0.133. The van der Waals surface area contributed by atoms with Crippen LogP contribution in [0.3, 0.4) is 0 Å². The largest absolute Gasteiger partial charge is 0.345 e. The van der Waals surface area contributed by atoms with Crippen LogP contribution in [-0.4, -0.2) is 21.4 Å². The molecular weight excluding hydrogens is 272 g/mol. The Morgan fingerprint density at radius 2 is 1.77 bits per heavy atom. The summed E-state index contributed by atoms with van der Waals surface area (Å²) in [5, 5.41) is 0. The highest BCUT2D eigenvalue weighted by atomic mass is 16.2. The lowest BCUT2D eigenvalue weighted by molar-refractivity contribution is -0.132. The number of carbonyl (C=O) groups excluding carboxylic acids is 1. The summed E-state index contributed by atoms with van der Waals surface area (Å²) in [5.41, 5.74) is 2.44. The van der Waals surface area contributed by atoms with E-state index in [1.165, 1.54) is 11.3 Å². The molecule has 118 valence electrons. The van der Waals surface area contributed by atoms with Crippen LogP contribution in [0.1, 0.15) is 39.0 Å². The first-order valence-electron chi connectivity index (χ1n) is 7.94. The number of rotatable bonds is 6. The third-order valence-electron chi connectivity index (χ3n) is 4.31. The van der Waals surface area contributed by atoms with E-state index < -0.39 is 0 Å². The Balaban J connectivity index is 2.16. The van der Waals surface area contributed by atoms with Crippen molar-refractivity contribution in [2.24, 2.45) is 5.92 Å². The Bertz CT molecular complexity index is 601. The van der Waals surface area contributed by atoms with Gasteiger partial charge in [-0.15, -0.1) is 0 Å². The lowest BCUT2D eigenvalue weighted by atomic mass is 10.0. The van der Waals surface area contributed by atoms with Gasteiger partial charge in [0, 0.05) is 31.4 Å². The van der Waals surface area contributed by atoms with Crippen LogP contribution in [0.4, 0.5) is 0 Å². The number of hydrogen-bond acceptors (Lipinski definition) is 1. The molecule has 1 aromatic carbocycles. The maximum Gasteiger partial charge on any atom is 0.220 e. The van der Waals surface area contributed by atoms with Crippen molar-refractivity contribution in [2.45, 2.75) is 46.8 Å². The second kappa shape index (κ2) is 7.30. The first-order chi connectivity index (χ1) is 10.5. The van der Waals surface area contributed by atoms with Gasteiger partial charge in [0.1, 0.15) is 0 Å². The van der Waals surface area contributed by atoms with Gasteiger partial charge in [0.15, 0.2) is 0 Å². The zero-order valence-electron chi connectivity index (χ0n) is 14.0. The standard InChI is InChI=1S/C19H26N2O/c1-15(2)16(3)21(17(4)22)14-19-11-8-12-20(19)13-18-9-6-5-7-10-18/h5-12,15-16H,13-14H2,1-4H3. The number of hydrogen-bond donors (Lipinski definition) is 0. The van der Waals surface area contributed by atoms with E-state index in [9.17, 15) is 4.79 Å². The van der Waals surface area contributed by atoms with E-state index >= 15 is 0 Å². The molecule has 0 fully saturated rings. The molecular formula is C19H26N2O. The lowest BCUT2D eigenvalue weighted by Crippen LogP contribution is -2.40. The van der Waals surface area contributed by atoms with Crippen LogP contribution in [0.2, 0.25) is 0 Å². The topological polar surface area (TPSA) is 25.2 Å². The average Bonchev–Trinajstić information content (AvgIpc) is 2.91. The molecule has 22 heavy (non-hydrogen) atoms. The Hall–Kier alpha value is -2.03. The molecule has 0 aliphatic heterocycles. The van der Waals surface area contributed by atoms with Gasteiger partial charge >= 0.3 is 0 Å². The summed E-state index contributed by atoms with van der Waals surface area (Å²) in [6.45, 7) is 9.59. The number of nitrogens with zero attached hydrogens (tertiary/aromatic N) is 2. The molecule has 1 unspecified atom stereocenters. The third kappa shape index (κ3) is 4.00. The number of benzene rings is 1. The second-order valence-electron chi connectivity index (χ2n) is 6.24. The zero-order chi connectivity index (χ0) is 16.1.